The van der Waals surface area contributed by atoms with Gasteiger partial charge in [0.1, 0.15) is 18.4 Å². The number of nitrogens with zero attached hydrogens (tertiary/aromatic N) is 3. The highest BCUT2D eigenvalue weighted by atomic mass is 16.6. The van der Waals surface area contributed by atoms with Crippen LogP contribution in [0.5, 0.6) is 5.75 Å². The van der Waals surface area contributed by atoms with Crippen LogP contribution in [-0.2, 0) is 14.3 Å². The van der Waals surface area contributed by atoms with Gasteiger partial charge in [-0.25, -0.2) is 4.79 Å². The summed E-state index contributed by atoms with van der Waals surface area (Å²) in [4.78, 5) is 43.2. The number of anilines is 1. The molecule has 8 nitrogen and oxygen atoms in total. The molecule has 0 radical (unpaired) electrons. The van der Waals surface area contributed by atoms with E-state index in [1.54, 1.807) is 17.0 Å². The van der Waals surface area contributed by atoms with Crippen molar-refractivity contribution in [1.29, 1.82) is 0 Å². The highest BCUT2D eigenvalue weighted by Crippen LogP contribution is 2.36. The second-order valence-electron chi connectivity index (χ2n) is 8.71. The molecule has 172 valence electrons. The first kappa shape index (κ1) is 21.3. The fraction of sp³-hybridized carbons (Fsp3) is 0.400. The number of cyclic esters (lactones) is 1. The molecule has 8 heteroatoms. The fourth-order valence-corrected chi connectivity index (χ4v) is 5.01. The molecule has 5 rings (SSSR count). The summed E-state index contributed by atoms with van der Waals surface area (Å²) < 4.78 is 11.2. The summed E-state index contributed by atoms with van der Waals surface area (Å²) in [5.41, 5.74) is 1.61. The Morgan fingerprint density at radius 2 is 1.70 bits per heavy atom. The minimum Gasteiger partial charge on any atom is -0.482 e. The van der Waals surface area contributed by atoms with E-state index in [4.69, 9.17) is 9.47 Å². The molecule has 2 saturated heterocycles. The van der Waals surface area contributed by atoms with Crippen LogP contribution in [0, 0.1) is 0 Å². The molecule has 3 aliphatic heterocycles. The molecule has 2 aromatic rings. The lowest BCUT2D eigenvalue weighted by atomic mass is 9.98. The maximum atomic E-state index is 13.0. The number of ether oxygens (including phenoxy) is 2. The summed E-state index contributed by atoms with van der Waals surface area (Å²) in [5.74, 6) is 0.286. The third-order valence-electron chi connectivity index (χ3n) is 6.76. The van der Waals surface area contributed by atoms with Gasteiger partial charge < -0.3 is 14.4 Å². The topological polar surface area (TPSA) is 79.4 Å². The molecule has 0 N–H and O–H groups in total. The van der Waals surface area contributed by atoms with Gasteiger partial charge in [0.05, 0.1) is 11.7 Å². The van der Waals surface area contributed by atoms with Crippen molar-refractivity contribution in [2.45, 2.75) is 38.0 Å². The lowest BCUT2D eigenvalue weighted by Crippen LogP contribution is -2.52. The van der Waals surface area contributed by atoms with E-state index in [0.29, 0.717) is 37.4 Å². The van der Waals surface area contributed by atoms with Crippen LogP contribution in [-0.4, -0.2) is 66.0 Å². The molecule has 3 heterocycles. The average molecular weight is 450 g/mol. The van der Waals surface area contributed by atoms with Crippen molar-refractivity contribution in [2.24, 2.45) is 0 Å². The van der Waals surface area contributed by atoms with Gasteiger partial charge in [-0.05, 0) is 37.5 Å². The molecule has 2 aromatic carbocycles. The molecule has 0 bridgehead atoms. The highest BCUT2D eigenvalue weighted by molar-refractivity contribution is 6.02. The van der Waals surface area contributed by atoms with Crippen LogP contribution in [0.15, 0.2) is 54.6 Å². The van der Waals surface area contributed by atoms with Crippen LogP contribution in [0.2, 0.25) is 0 Å². The molecule has 33 heavy (non-hydrogen) atoms. The first-order valence-corrected chi connectivity index (χ1v) is 11.4. The van der Waals surface area contributed by atoms with Crippen molar-refractivity contribution in [3.63, 3.8) is 0 Å². The fourth-order valence-electron chi connectivity index (χ4n) is 5.01. The van der Waals surface area contributed by atoms with Gasteiger partial charge in [0.15, 0.2) is 6.61 Å². The van der Waals surface area contributed by atoms with E-state index < -0.39 is 0 Å². The Morgan fingerprint density at radius 1 is 1.00 bits per heavy atom. The molecule has 2 atom stereocenters. The van der Waals surface area contributed by atoms with E-state index in [-0.39, 0.29) is 49.2 Å². The van der Waals surface area contributed by atoms with E-state index >= 15 is 0 Å². The van der Waals surface area contributed by atoms with E-state index in [9.17, 15) is 14.4 Å². The Bertz CT molecular complexity index is 1050. The quantitative estimate of drug-likeness (QED) is 0.717. The predicted molar refractivity (Wildman–Crippen MR) is 121 cm³/mol. The number of fused-ring (bicyclic) bond motifs is 1. The number of amides is 3. The molecular formula is C25H27N3O5. The van der Waals surface area contributed by atoms with Crippen molar-refractivity contribution in [2.75, 3.05) is 31.1 Å². The number of hydrogen-bond donors (Lipinski definition) is 0. The molecule has 0 spiro atoms. The Labute approximate surface area is 192 Å². The Hall–Kier alpha value is -3.55. The lowest BCUT2D eigenvalue weighted by molar-refractivity contribution is -0.133. The van der Waals surface area contributed by atoms with E-state index in [1.165, 1.54) is 4.90 Å². The predicted octanol–water partition coefficient (Wildman–Crippen LogP) is 2.99. The van der Waals surface area contributed by atoms with Crippen LogP contribution in [0.1, 0.15) is 31.4 Å². The van der Waals surface area contributed by atoms with Gasteiger partial charge >= 0.3 is 6.09 Å². The summed E-state index contributed by atoms with van der Waals surface area (Å²) in [6.45, 7) is 3.01. The minimum absolute atomic E-state index is 0.0118. The van der Waals surface area contributed by atoms with Gasteiger partial charge in [-0.2, -0.15) is 0 Å². The molecule has 2 fully saturated rings. The number of benzene rings is 2. The van der Waals surface area contributed by atoms with E-state index in [0.717, 1.165) is 5.56 Å². The number of carbonyl (C=O) groups excluding carboxylic acids is 3. The Morgan fingerprint density at radius 3 is 2.45 bits per heavy atom. The van der Waals surface area contributed by atoms with Gasteiger partial charge in [0.25, 0.3) is 5.91 Å². The molecule has 0 saturated carbocycles. The monoisotopic (exact) mass is 449 g/mol. The zero-order chi connectivity index (χ0) is 22.9. The van der Waals surface area contributed by atoms with Gasteiger partial charge in [-0.1, -0.05) is 42.5 Å². The second-order valence-corrected chi connectivity index (χ2v) is 8.71. The van der Waals surface area contributed by atoms with Crippen molar-refractivity contribution < 1.29 is 23.9 Å². The molecule has 3 aliphatic rings. The van der Waals surface area contributed by atoms with Crippen molar-refractivity contribution in [3.8, 4) is 5.75 Å². The zero-order valence-corrected chi connectivity index (χ0v) is 18.6. The molecule has 3 amide bonds. The maximum Gasteiger partial charge on any atom is 0.411 e. The van der Waals surface area contributed by atoms with E-state index in [2.05, 4.69) is 0 Å². The largest absolute Gasteiger partial charge is 0.482 e. The molecule has 0 aromatic heterocycles. The first-order valence-electron chi connectivity index (χ1n) is 11.4. The van der Waals surface area contributed by atoms with Crippen molar-refractivity contribution in [1.82, 2.24) is 9.80 Å². The summed E-state index contributed by atoms with van der Waals surface area (Å²) >= 11 is 0. The molecule has 0 unspecified atom stereocenters. The summed E-state index contributed by atoms with van der Waals surface area (Å²) in [7, 11) is 0. The van der Waals surface area contributed by atoms with Crippen LogP contribution in [0.3, 0.4) is 0 Å². The van der Waals surface area contributed by atoms with Crippen LogP contribution < -0.4 is 9.64 Å². The van der Waals surface area contributed by atoms with Gasteiger partial charge in [-0.3, -0.25) is 19.4 Å². The van der Waals surface area contributed by atoms with Crippen molar-refractivity contribution in [3.05, 3.63) is 60.2 Å². The summed E-state index contributed by atoms with van der Waals surface area (Å²) in [5, 5.41) is 0. The smallest absolute Gasteiger partial charge is 0.411 e. The standard InChI is InChI=1S/C25H27N3O5/c1-17-24(18-7-3-2-4-8-18)33-25(31)28(17)19-11-13-26(14-12-19)22(29)15-27-20-9-5-6-10-21(20)32-16-23(27)30/h2-10,17,19,24H,11-16H2,1H3/t17-,24-/m1/s1. The van der Waals surface area contributed by atoms with Gasteiger partial charge in [0, 0.05) is 19.1 Å². The van der Waals surface area contributed by atoms with Crippen LogP contribution >= 0.6 is 0 Å². The van der Waals surface area contributed by atoms with Crippen molar-refractivity contribution >= 4 is 23.6 Å². The average Bonchev–Trinajstić information content (AvgIpc) is 3.15. The third-order valence-corrected chi connectivity index (χ3v) is 6.76. The Kier molecular flexibility index (Phi) is 5.66. The number of likely N-dealkylation sites (tertiary alicyclic amines) is 1. The Balaban J connectivity index is 1.20. The van der Waals surface area contributed by atoms with Gasteiger partial charge in [-0.15, -0.1) is 0 Å². The van der Waals surface area contributed by atoms with E-state index in [1.807, 2.05) is 54.3 Å². The number of rotatable bonds is 4. The second kappa shape index (κ2) is 8.77. The normalized spacial score (nSPS) is 23.2. The maximum absolute atomic E-state index is 13.0. The minimum atomic E-state index is -0.295. The van der Waals surface area contributed by atoms with Gasteiger partial charge in [0.2, 0.25) is 5.91 Å². The SMILES string of the molecule is C[C@@H]1[C@H](c2ccccc2)OC(=O)N1C1CCN(C(=O)CN2C(=O)COc3ccccc32)CC1. The molecule has 0 aliphatic carbocycles. The number of hydrogen-bond acceptors (Lipinski definition) is 5. The highest BCUT2D eigenvalue weighted by Gasteiger charge is 2.44. The zero-order valence-electron chi connectivity index (χ0n) is 18.6. The number of para-hydroxylation sites is 2. The number of piperidine rings is 1. The summed E-state index contributed by atoms with van der Waals surface area (Å²) in [6, 6.07) is 17.0. The first-order chi connectivity index (χ1) is 16.0. The lowest BCUT2D eigenvalue weighted by Gasteiger charge is -2.38. The third kappa shape index (κ3) is 4.01. The molecular weight excluding hydrogens is 422 g/mol. The summed E-state index contributed by atoms with van der Waals surface area (Å²) in [6.07, 6.45) is 0.781. The van der Waals surface area contributed by atoms with Crippen LogP contribution in [0.25, 0.3) is 0 Å². The van der Waals surface area contributed by atoms with Crippen LogP contribution in [0.4, 0.5) is 10.5 Å². The number of carbonyl (C=O) groups is 3.